The van der Waals surface area contributed by atoms with Crippen molar-refractivity contribution >= 4 is 5.82 Å². The van der Waals surface area contributed by atoms with Crippen LogP contribution in [-0.4, -0.2) is 41.8 Å². The van der Waals surface area contributed by atoms with E-state index in [1.807, 2.05) is 12.1 Å². The predicted octanol–water partition coefficient (Wildman–Crippen LogP) is 2.96. The van der Waals surface area contributed by atoms with Gasteiger partial charge in [-0.1, -0.05) is 6.92 Å². The van der Waals surface area contributed by atoms with E-state index in [9.17, 15) is 0 Å². The second-order valence-electron chi connectivity index (χ2n) is 6.02. The molecule has 1 saturated heterocycles. The number of ether oxygens (including phenoxy) is 1. The highest BCUT2D eigenvalue weighted by Crippen LogP contribution is 2.25. The minimum absolute atomic E-state index is 0.670. The Kier molecular flexibility index (Phi) is 5.18. The number of hydrogen-bond donors (Lipinski definition) is 0. The predicted molar refractivity (Wildman–Crippen MR) is 91.5 cm³/mol. The molecule has 0 unspecified atom stereocenters. The summed E-state index contributed by atoms with van der Waals surface area (Å²) >= 11 is 0. The zero-order valence-corrected chi connectivity index (χ0v) is 13.9. The summed E-state index contributed by atoms with van der Waals surface area (Å²) in [5.74, 6) is 2.50. The second-order valence-corrected chi connectivity index (χ2v) is 6.02. The fourth-order valence-electron chi connectivity index (χ4n) is 3.02. The number of nitrogens with zero attached hydrogens (tertiary/aromatic N) is 4. The Morgan fingerprint density at radius 3 is 2.57 bits per heavy atom. The number of methoxy groups -OCH3 is 1. The zero-order chi connectivity index (χ0) is 16.1. The van der Waals surface area contributed by atoms with Crippen LogP contribution >= 0.6 is 0 Å². The largest absolute Gasteiger partial charge is 0.384 e. The first-order valence-electron chi connectivity index (χ1n) is 8.32. The van der Waals surface area contributed by atoms with Gasteiger partial charge in [-0.15, -0.1) is 0 Å². The van der Waals surface area contributed by atoms with Crippen molar-refractivity contribution in [2.75, 3.05) is 31.7 Å². The quantitative estimate of drug-likeness (QED) is 0.849. The van der Waals surface area contributed by atoms with E-state index in [0.717, 1.165) is 61.9 Å². The van der Waals surface area contributed by atoms with Gasteiger partial charge in [0.1, 0.15) is 5.82 Å². The summed E-state index contributed by atoms with van der Waals surface area (Å²) in [6.07, 6.45) is 6.79. The molecule has 0 amide bonds. The Balaban J connectivity index is 1.82. The summed E-state index contributed by atoms with van der Waals surface area (Å²) in [5.41, 5.74) is 2.10. The number of piperidine rings is 1. The molecule has 5 heteroatoms. The molecule has 1 aliphatic heterocycles. The highest BCUT2D eigenvalue weighted by molar-refractivity contribution is 5.57. The van der Waals surface area contributed by atoms with Gasteiger partial charge in [0.25, 0.3) is 0 Å². The average Bonchev–Trinajstić information content (AvgIpc) is 2.63. The maximum Gasteiger partial charge on any atom is 0.161 e. The molecule has 0 saturated carbocycles. The molecule has 0 aliphatic carbocycles. The number of pyridine rings is 1. The molecular weight excluding hydrogens is 288 g/mol. The van der Waals surface area contributed by atoms with E-state index in [0.29, 0.717) is 5.92 Å². The van der Waals surface area contributed by atoms with E-state index >= 15 is 0 Å². The molecule has 2 aromatic rings. The molecule has 0 aromatic carbocycles. The normalized spacial score (nSPS) is 15.8. The van der Waals surface area contributed by atoms with Crippen molar-refractivity contribution < 1.29 is 4.74 Å². The van der Waals surface area contributed by atoms with E-state index < -0.39 is 0 Å². The van der Waals surface area contributed by atoms with Gasteiger partial charge in [0.2, 0.25) is 0 Å². The van der Waals surface area contributed by atoms with Crippen LogP contribution in [0, 0.1) is 5.92 Å². The molecule has 0 spiro atoms. The first-order valence-corrected chi connectivity index (χ1v) is 8.32. The number of anilines is 1. The Labute approximate surface area is 137 Å². The Hall–Kier alpha value is -2.01. The smallest absolute Gasteiger partial charge is 0.161 e. The van der Waals surface area contributed by atoms with Crippen molar-refractivity contribution in [3.63, 3.8) is 0 Å². The lowest BCUT2D eigenvalue weighted by Crippen LogP contribution is -2.35. The van der Waals surface area contributed by atoms with E-state index in [4.69, 9.17) is 9.72 Å². The summed E-state index contributed by atoms with van der Waals surface area (Å²) in [4.78, 5) is 15.9. The fraction of sp³-hybridized carbons (Fsp3) is 0.500. The molecule has 0 radical (unpaired) electrons. The van der Waals surface area contributed by atoms with Crippen LogP contribution in [0.15, 0.2) is 30.6 Å². The molecule has 1 fully saturated rings. The van der Waals surface area contributed by atoms with Crippen LogP contribution in [-0.2, 0) is 11.2 Å². The molecule has 0 atom stereocenters. The SMILES string of the molecule is CCc1cc(N2CCC(COC)CC2)nc(-c2ccncc2)n1. The van der Waals surface area contributed by atoms with Crippen LogP contribution in [0.25, 0.3) is 11.4 Å². The first-order chi connectivity index (χ1) is 11.3. The van der Waals surface area contributed by atoms with E-state index in [1.54, 1.807) is 19.5 Å². The van der Waals surface area contributed by atoms with Crippen LogP contribution in [0.4, 0.5) is 5.82 Å². The van der Waals surface area contributed by atoms with Crippen LogP contribution in [0.1, 0.15) is 25.5 Å². The van der Waals surface area contributed by atoms with Crippen LogP contribution in [0.5, 0.6) is 0 Å². The minimum Gasteiger partial charge on any atom is -0.384 e. The highest BCUT2D eigenvalue weighted by atomic mass is 16.5. The Morgan fingerprint density at radius 1 is 1.17 bits per heavy atom. The third-order valence-electron chi connectivity index (χ3n) is 4.41. The number of hydrogen-bond acceptors (Lipinski definition) is 5. The monoisotopic (exact) mass is 312 g/mol. The van der Waals surface area contributed by atoms with E-state index in [2.05, 4.69) is 27.9 Å². The standard InChI is InChI=1S/C18H24N4O/c1-3-16-12-17(22-10-6-14(7-11-22)13-23-2)21-18(20-16)15-4-8-19-9-5-15/h4-5,8-9,12,14H,3,6-7,10-11,13H2,1-2H3. The van der Waals surface area contributed by atoms with Gasteiger partial charge in [-0.3, -0.25) is 4.98 Å². The maximum atomic E-state index is 5.29. The van der Waals surface area contributed by atoms with Crippen molar-refractivity contribution in [1.29, 1.82) is 0 Å². The lowest BCUT2D eigenvalue weighted by Gasteiger charge is -2.32. The van der Waals surface area contributed by atoms with Crippen LogP contribution in [0.3, 0.4) is 0 Å². The summed E-state index contributed by atoms with van der Waals surface area (Å²) in [5, 5.41) is 0. The van der Waals surface area contributed by atoms with Gasteiger partial charge in [0.15, 0.2) is 5.82 Å². The van der Waals surface area contributed by atoms with Gasteiger partial charge >= 0.3 is 0 Å². The van der Waals surface area contributed by atoms with Gasteiger partial charge in [-0.2, -0.15) is 0 Å². The van der Waals surface area contributed by atoms with Crippen molar-refractivity contribution in [1.82, 2.24) is 15.0 Å². The molecule has 0 bridgehead atoms. The zero-order valence-electron chi connectivity index (χ0n) is 13.9. The topological polar surface area (TPSA) is 51.1 Å². The number of rotatable bonds is 5. The molecule has 2 aromatic heterocycles. The molecule has 23 heavy (non-hydrogen) atoms. The van der Waals surface area contributed by atoms with Crippen LogP contribution < -0.4 is 4.90 Å². The third-order valence-corrected chi connectivity index (χ3v) is 4.41. The van der Waals surface area contributed by atoms with Gasteiger partial charge in [0.05, 0.1) is 0 Å². The van der Waals surface area contributed by atoms with Crippen molar-refractivity contribution in [3.05, 3.63) is 36.3 Å². The van der Waals surface area contributed by atoms with Gasteiger partial charge in [0, 0.05) is 56.5 Å². The molecule has 3 heterocycles. The lowest BCUT2D eigenvalue weighted by molar-refractivity contribution is 0.139. The molecule has 1 aliphatic rings. The maximum absolute atomic E-state index is 5.29. The van der Waals surface area contributed by atoms with Crippen LogP contribution in [0.2, 0.25) is 0 Å². The van der Waals surface area contributed by atoms with Gasteiger partial charge in [-0.25, -0.2) is 9.97 Å². The molecule has 0 N–H and O–H groups in total. The molecular formula is C18H24N4O. The van der Waals surface area contributed by atoms with Gasteiger partial charge < -0.3 is 9.64 Å². The third kappa shape index (κ3) is 3.85. The molecule has 3 rings (SSSR count). The first kappa shape index (κ1) is 15.9. The number of aryl methyl sites for hydroxylation is 1. The fourth-order valence-corrected chi connectivity index (χ4v) is 3.02. The van der Waals surface area contributed by atoms with Crippen molar-refractivity contribution in [2.45, 2.75) is 26.2 Å². The molecule has 5 nitrogen and oxygen atoms in total. The van der Waals surface area contributed by atoms with Gasteiger partial charge in [-0.05, 0) is 37.3 Å². The lowest BCUT2D eigenvalue weighted by atomic mass is 9.98. The summed E-state index contributed by atoms with van der Waals surface area (Å²) < 4.78 is 5.29. The summed E-state index contributed by atoms with van der Waals surface area (Å²) in [6, 6.07) is 6.05. The molecule has 122 valence electrons. The Morgan fingerprint density at radius 2 is 1.91 bits per heavy atom. The summed E-state index contributed by atoms with van der Waals surface area (Å²) in [6.45, 7) is 5.06. The average molecular weight is 312 g/mol. The second kappa shape index (κ2) is 7.51. The summed E-state index contributed by atoms with van der Waals surface area (Å²) in [7, 11) is 1.78. The highest BCUT2D eigenvalue weighted by Gasteiger charge is 2.21. The van der Waals surface area contributed by atoms with Crippen molar-refractivity contribution in [2.24, 2.45) is 5.92 Å². The van der Waals surface area contributed by atoms with E-state index in [1.165, 1.54) is 0 Å². The number of aromatic nitrogens is 3. The van der Waals surface area contributed by atoms with Crippen molar-refractivity contribution in [3.8, 4) is 11.4 Å². The minimum atomic E-state index is 0.670. The Bertz CT molecular complexity index is 624. The van der Waals surface area contributed by atoms with E-state index in [-0.39, 0.29) is 0 Å².